The molecule has 0 fully saturated rings. The van der Waals surface area contributed by atoms with Crippen LogP contribution in [0.3, 0.4) is 0 Å². The summed E-state index contributed by atoms with van der Waals surface area (Å²) < 4.78 is 25.0. The first kappa shape index (κ1) is 13.1. The Bertz CT molecular complexity index is 431. The third-order valence-electron chi connectivity index (χ3n) is 1.95. The second-order valence-electron chi connectivity index (χ2n) is 4.03. The predicted octanol–water partition coefficient (Wildman–Crippen LogP) is 0.594. The van der Waals surface area contributed by atoms with E-state index in [0.717, 1.165) is 0 Å². The topological polar surface area (TPSA) is 73.2 Å². The zero-order chi connectivity index (χ0) is 12.3. The minimum absolute atomic E-state index is 0.0312. The molecule has 0 bridgehead atoms. The van der Waals surface area contributed by atoms with Crippen molar-refractivity contribution in [3.63, 3.8) is 0 Å². The van der Waals surface area contributed by atoms with Crippen molar-refractivity contribution >= 4 is 10.0 Å². The first-order chi connectivity index (χ1) is 7.33. The minimum Gasteiger partial charge on any atom is -0.337 e. The van der Waals surface area contributed by atoms with Gasteiger partial charge in [0.2, 0.25) is 0 Å². The summed E-state index contributed by atoms with van der Waals surface area (Å²) in [6, 6.07) is 0. The van der Waals surface area contributed by atoms with Crippen molar-refractivity contribution in [2.75, 3.05) is 6.61 Å². The van der Waals surface area contributed by atoms with Gasteiger partial charge < -0.3 is 4.57 Å². The molecule has 0 unspecified atom stereocenters. The van der Waals surface area contributed by atoms with Crippen molar-refractivity contribution in [2.45, 2.75) is 25.8 Å². The molecule has 1 N–H and O–H groups in total. The molecular weight excluding hydrogens is 230 g/mol. The molecule has 92 valence electrons. The van der Waals surface area contributed by atoms with Gasteiger partial charge in [0.05, 0.1) is 6.61 Å². The van der Waals surface area contributed by atoms with Crippen molar-refractivity contribution in [3.05, 3.63) is 12.0 Å². The number of imidazole rings is 1. The molecule has 16 heavy (non-hydrogen) atoms. The number of hydrogen-bond donors (Lipinski definition) is 1. The fourth-order valence-corrected chi connectivity index (χ4v) is 1.83. The van der Waals surface area contributed by atoms with Crippen LogP contribution in [0, 0.1) is 12.8 Å². The Morgan fingerprint density at radius 2 is 2.19 bits per heavy atom. The van der Waals surface area contributed by atoms with Gasteiger partial charge in [0.15, 0.2) is 5.03 Å². The maximum absolute atomic E-state index is 11.7. The lowest BCUT2D eigenvalue weighted by atomic mass is 10.2. The van der Waals surface area contributed by atoms with Gasteiger partial charge in [-0.15, -0.1) is 0 Å². The molecule has 6 nitrogen and oxygen atoms in total. The Balaban J connectivity index is 2.71. The van der Waals surface area contributed by atoms with Gasteiger partial charge >= 0.3 is 0 Å². The molecule has 0 amide bonds. The van der Waals surface area contributed by atoms with Crippen LogP contribution in [0.4, 0.5) is 0 Å². The van der Waals surface area contributed by atoms with Crippen LogP contribution in [0.2, 0.25) is 0 Å². The highest BCUT2D eigenvalue weighted by molar-refractivity contribution is 7.89. The summed E-state index contributed by atoms with van der Waals surface area (Å²) in [4.78, 5) is 10.8. The number of rotatable bonds is 5. The number of aryl methyl sites for hydroxylation is 2. The van der Waals surface area contributed by atoms with Crippen LogP contribution < -0.4 is 4.89 Å². The molecular formula is C9H17N3O3S. The summed E-state index contributed by atoms with van der Waals surface area (Å²) in [5.74, 6) is 0.886. The number of hydrogen-bond acceptors (Lipinski definition) is 4. The Morgan fingerprint density at radius 1 is 1.56 bits per heavy atom. The molecule has 0 aliphatic rings. The standard InChI is InChI=1S/C9H17N3O3S/c1-7(2)6-15-11-16(13,14)9-5-12(4)8(3)10-9/h5,7,11H,6H2,1-4H3. The molecule has 0 saturated carbocycles. The lowest BCUT2D eigenvalue weighted by molar-refractivity contribution is 0.0717. The summed E-state index contributed by atoms with van der Waals surface area (Å²) in [6.45, 7) is 5.91. The highest BCUT2D eigenvalue weighted by atomic mass is 32.2. The quantitative estimate of drug-likeness (QED) is 0.773. The number of sulfonamides is 1. The van der Waals surface area contributed by atoms with Crippen molar-refractivity contribution in [3.8, 4) is 0 Å². The summed E-state index contributed by atoms with van der Waals surface area (Å²) in [7, 11) is -1.93. The molecule has 0 radical (unpaired) electrons. The smallest absolute Gasteiger partial charge is 0.281 e. The highest BCUT2D eigenvalue weighted by Crippen LogP contribution is 2.07. The van der Waals surface area contributed by atoms with Gasteiger partial charge in [-0.05, 0) is 12.8 Å². The second kappa shape index (κ2) is 4.94. The molecule has 1 heterocycles. The zero-order valence-electron chi connectivity index (χ0n) is 9.89. The number of nitrogens with zero attached hydrogens (tertiary/aromatic N) is 2. The van der Waals surface area contributed by atoms with E-state index in [2.05, 4.69) is 4.98 Å². The Kier molecular flexibility index (Phi) is 4.06. The van der Waals surface area contributed by atoms with E-state index >= 15 is 0 Å². The van der Waals surface area contributed by atoms with Gasteiger partial charge in [-0.2, -0.15) is 0 Å². The van der Waals surface area contributed by atoms with E-state index in [1.165, 1.54) is 6.20 Å². The zero-order valence-corrected chi connectivity index (χ0v) is 10.7. The molecule has 7 heteroatoms. The van der Waals surface area contributed by atoms with E-state index in [9.17, 15) is 8.42 Å². The lowest BCUT2D eigenvalue weighted by Crippen LogP contribution is -2.26. The van der Waals surface area contributed by atoms with Crippen molar-refractivity contribution < 1.29 is 13.3 Å². The maximum Gasteiger partial charge on any atom is 0.281 e. The molecule has 0 aromatic carbocycles. The Labute approximate surface area is 95.6 Å². The van der Waals surface area contributed by atoms with E-state index in [0.29, 0.717) is 12.4 Å². The third-order valence-corrected chi connectivity index (χ3v) is 3.03. The Morgan fingerprint density at radius 3 is 2.62 bits per heavy atom. The second-order valence-corrected chi connectivity index (χ2v) is 5.62. The molecule has 0 aliphatic carbocycles. The van der Waals surface area contributed by atoms with E-state index in [-0.39, 0.29) is 10.9 Å². The lowest BCUT2D eigenvalue weighted by Gasteiger charge is -2.06. The third kappa shape index (κ3) is 3.29. The maximum atomic E-state index is 11.7. The van der Waals surface area contributed by atoms with E-state index in [1.807, 2.05) is 18.7 Å². The molecule has 0 atom stereocenters. The summed E-state index contributed by atoms with van der Waals surface area (Å²) >= 11 is 0. The predicted molar refractivity (Wildman–Crippen MR) is 59.1 cm³/mol. The average molecular weight is 247 g/mol. The van der Waals surface area contributed by atoms with Gasteiger partial charge in [-0.1, -0.05) is 18.7 Å². The monoisotopic (exact) mass is 247 g/mol. The fourth-order valence-electron chi connectivity index (χ4n) is 0.977. The van der Waals surface area contributed by atoms with Crippen molar-refractivity contribution in [1.82, 2.24) is 14.4 Å². The van der Waals surface area contributed by atoms with E-state index < -0.39 is 10.0 Å². The minimum atomic E-state index is -3.66. The molecule has 0 spiro atoms. The van der Waals surface area contributed by atoms with Crippen LogP contribution in [-0.4, -0.2) is 24.6 Å². The van der Waals surface area contributed by atoms with Crippen LogP contribution in [-0.2, 0) is 21.9 Å². The van der Waals surface area contributed by atoms with E-state index in [1.54, 1.807) is 18.5 Å². The SMILES string of the molecule is Cc1nc(S(=O)(=O)NOCC(C)C)cn1C. The van der Waals surface area contributed by atoms with Gasteiger partial charge in [-0.25, -0.2) is 13.4 Å². The van der Waals surface area contributed by atoms with Crippen LogP contribution in [0.25, 0.3) is 0 Å². The van der Waals surface area contributed by atoms with Crippen LogP contribution in [0.5, 0.6) is 0 Å². The largest absolute Gasteiger partial charge is 0.337 e. The van der Waals surface area contributed by atoms with Crippen LogP contribution in [0.1, 0.15) is 19.7 Å². The van der Waals surface area contributed by atoms with E-state index in [4.69, 9.17) is 4.84 Å². The number of nitrogens with one attached hydrogen (secondary N) is 1. The first-order valence-electron chi connectivity index (χ1n) is 4.96. The number of aromatic nitrogens is 2. The first-order valence-corrected chi connectivity index (χ1v) is 6.45. The highest BCUT2D eigenvalue weighted by Gasteiger charge is 2.18. The van der Waals surface area contributed by atoms with Crippen molar-refractivity contribution in [1.29, 1.82) is 0 Å². The Hall–Kier alpha value is -0.920. The fraction of sp³-hybridized carbons (Fsp3) is 0.667. The van der Waals surface area contributed by atoms with Gasteiger partial charge in [-0.3, -0.25) is 4.84 Å². The van der Waals surface area contributed by atoms with Gasteiger partial charge in [0.25, 0.3) is 10.0 Å². The van der Waals surface area contributed by atoms with Gasteiger partial charge in [0, 0.05) is 13.2 Å². The molecule has 0 saturated heterocycles. The normalized spacial score (nSPS) is 12.3. The summed E-state index contributed by atoms with van der Waals surface area (Å²) in [5.41, 5.74) is 0. The van der Waals surface area contributed by atoms with Crippen molar-refractivity contribution in [2.24, 2.45) is 13.0 Å². The summed E-state index contributed by atoms with van der Waals surface area (Å²) in [6.07, 6.45) is 1.44. The van der Waals surface area contributed by atoms with Crippen LogP contribution >= 0.6 is 0 Å². The van der Waals surface area contributed by atoms with Crippen LogP contribution in [0.15, 0.2) is 11.2 Å². The molecule has 1 aromatic heterocycles. The molecule has 1 rings (SSSR count). The summed E-state index contributed by atoms with van der Waals surface area (Å²) in [5, 5.41) is -0.0312. The van der Waals surface area contributed by atoms with Gasteiger partial charge in [0.1, 0.15) is 5.82 Å². The molecule has 0 aliphatic heterocycles. The molecule has 1 aromatic rings. The average Bonchev–Trinajstić information content (AvgIpc) is 2.46.